The number of nitrogens with one attached hydrogen (secondary N) is 1. The van der Waals surface area contributed by atoms with Gasteiger partial charge in [-0.05, 0) is 26.0 Å². The van der Waals surface area contributed by atoms with Crippen LogP contribution in [-0.2, 0) is 6.54 Å². The Labute approximate surface area is 110 Å². The summed E-state index contributed by atoms with van der Waals surface area (Å²) in [6.45, 7) is 5.18. The van der Waals surface area contributed by atoms with Crippen LogP contribution in [0.4, 0.5) is 5.69 Å². The predicted octanol–water partition coefficient (Wildman–Crippen LogP) is 3.10. The van der Waals surface area contributed by atoms with E-state index in [0.29, 0.717) is 6.79 Å². The monoisotopic (exact) mass is 262 g/mol. The summed E-state index contributed by atoms with van der Waals surface area (Å²) < 4.78 is 10.6. The van der Waals surface area contributed by atoms with E-state index >= 15 is 0 Å². The Morgan fingerprint density at radius 1 is 1.28 bits per heavy atom. The number of nitrogens with zero attached hydrogens (tertiary/aromatic N) is 1. The Kier molecular flexibility index (Phi) is 2.83. The van der Waals surface area contributed by atoms with Gasteiger partial charge in [-0.3, -0.25) is 0 Å². The highest BCUT2D eigenvalue weighted by atomic mass is 32.1. The predicted molar refractivity (Wildman–Crippen MR) is 71.5 cm³/mol. The summed E-state index contributed by atoms with van der Waals surface area (Å²) in [5.41, 5.74) is 2.13. The van der Waals surface area contributed by atoms with Gasteiger partial charge < -0.3 is 14.8 Å². The highest BCUT2D eigenvalue weighted by Gasteiger charge is 2.13. The maximum absolute atomic E-state index is 5.34. The van der Waals surface area contributed by atoms with Crippen LogP contribution in [0.25, 0.3) is 0 Å². The number of aromatic nitrogens is 1. The average molecular weight is 262 g/mol. The molecule has 1 aromatic heterocycles. The number of aryl methyl sites for hydroxylation is 2. The zero-order chi connectivity index (χ0) is 12.5. The van der Waals surface area contributed by atoms with E-state index in [1.165, 1.54) is 4.88 Å². The Balaban J connectivity index is 1.70. The molecular formula is C13H14N2O2S. The summed E-state index contributed by atoms with van der Waals surface area (Å²) in [6, 6.07) is 5.86. The molecule has 2 heterocycles. The first-order valence-electron chi connectivity index (χ1n) is 5.79. The van der Waals surface area contributed by atoms with Crippen molar-refractivity contribution in [2.45, 2.75) is 20.4 Å². The van der Waals surface area contributed by atoms with Gasteiger partial charge >= 0.3 is 0 Å². The molecule has 1 aromatic carbocycles. The van der Waals surface area contributed by atoms with Gasteiger partial charge in [0.05, 0.1) is 12.2 Å². The van der Waals surface area contributed by atoms with Gasteiger partial charge in [0.25, 0.3) is 0 Å². The summed E-state index contributed by atoms with van der Waals surface area (Å²) in [5.74, 6) is 1.60. The molecule has 0 radical (unpaired) electrons. The molecule has 0 fully saturated rings. The van der Waals surface area contributed by atoms with E-state index in [2.05, 4.69) is 17.2 Å². The topological polar surface area (TPSA) is 43.4 Å². The second kappa shape index (κ2) is 4.49. The van der Waals surface area contributed by atoms with Crippen molar-refractivity contribution in [1.82, 2.24) is 4.98 Å². The van der Waals surface area contributed by atoms with E-state index < -0.39 is 0 Å². The fourth-order valence-corrected chi connectivity index (χ4v) is 2.67. The van der Waals surface area contributed by atoms with Crippen LogP contribution in [0.1, 0.15) is 15.6 Å². The largest absolute Gasteiger partial charge is 0.454 e. The third-order valence-corrected chi connectivity index (χ3v) is 3.96. The first-order valence-corrected chi connectivity index (χ1v) is 6.60. The van der Waals surface area contributed by atoms with Crippen molar-refractivity contribution in [3.05, 3.63) is 33.8 Å². The number of thiazole rings is 1. The van der Waals surface area contributed by atoms with Gasteiger partial charge in [0.1, 0.15) is 5.01 Å². The molecule has 1 aliphatic heterocycles. The molecule has 0 saturated heterocycles. The van der Waals surface area contributed by atoms with Gasteiger partial charge in [-0.15, -0.1) is 11.3 Å². The molecule has 1 N–H and O–H groups in total. The number of rotatable bonds is 3. The zero-order valence-corrected chi connectivity index (χ0v) is 11.1. The van der Waals surface area contributed by atoms with Gasteiger partial charge in [-0.2, -0.15) is 0 Å². The van der Waals surface area contributed by atoms with Crippen molar-refractivity contribution in [2.24, 2.45) is 0 Å². The molecule has 0 unspecified atom stereocenters. The average Bonchev–Trinajstić information content (AvgIpc) is 2.94. The molecule has 0 aliphatic carbocycles. The van der Waals surface area contributed by atoms with Gasteiger partial charge in [0.2, 0.25) is 6.79 Å². The Hall–Kier alpha value is -1.75. The third-order valence-electron chi connectivity index (χ3n) is 2.89. The molecule has 4 nitrogen and oxygen atoms in total. The lowest BCUT2D eigenvalue weighted by atomic mass is 10.3. The van der Waals surface area contributed by atoms with Crippen molar-refractivity contribution >= 4 is 17.0 Å². The molecular weight excluding hydrogens is 248 g/mol. The van der Waals surface area contributed by atoms with Crippen molar-refractivity contribution in [3.8, 4) is 11.5 Å². The second-order valence-electron chi connectivity index (χ2n) is 4.17. The zero-order valence-electron chi connectivity index (χ0n) is 10.3. The molecule has 0 saturated carbocycles. The maximum Gasteiger partial charge on any atom is 0.231 e. The lowest BCUT2D eigenvalue weighted by Gasteiger charge is -2.05. The quantitative estimate of drug-likeness (QED) is 0.923. The van der Waals surface area contributed by atoms with E-state index in [0.717, 1.165) is 34.4 Å². The highest BCUT2D eigenvalue weighted by molar-refractivity contribution is 7.11. The third kappa shape index (κ3) is 2.13. The lowest BCUT2D eigenvalue weighted by molar-refractivity contribution is 0.174. The minimum atomic E-state index is 0.309. The fourth-order valence-electron chi connectivity index (χ4n) is 1.80. The molecule has 0 spiro atoms. The number of anilines is 1. The van der Waals surface area contributed by atoms with Gasteiger partial charge in [-0.25, -0.2) is 4.98 Å². The van der Waals surface area contributed by atoms with Crippen LogP contribution in [0.2, 0.25) is 0 Å². The van der Waals surface area contributed by atoms with Crippen LogP contribution in [0.3, 0.4) is 0 Å². The van der Waals surface area contributed by atoms with Gasteiger partial charge in [-0.1, -0.05) is 0 Å². The number of benzene rings is 1. The van der Waals surface area contributed by atoms with E-state index in [-0.39, 0.29) is 0 Å². The fraction of sp³-hybridized carbons (Fsp3) is 0.308. The van der Waals surface area contributed by atoms with Crippen molar-refractivity contribution in [1.29, 1.82) is 0 Å². The number of ether oxygens (including phenoxy) is 2. The molecule has 0 amide bonds. The van der Waals surface area contributed by atoms with Crippen LogP contribution in [0.15, 0.2) is 18.2 Å². The molecule has 2 aromatic rings. The number of fused-ring (bicyclic) bond motifs is 1. The van der Waals surface area contributed by atoms with E-state index in [1.54, 1.807) is 11.3 Å². The van der Waals surface area contributed by atoms with Gasteiger partial charge in [0, 0.05) is 16.6 Å². The van der Waals surface area contributed by atoms with E-state index in [4.69, 9.17) is 9.47 Å². The maximum atomic E-state index is 5.34. The minimum Gasteiger partial charge on any atom is -0.454 e. The molecule has 0 bridgehead atoms. The van der Waals surface area contributed by atoms with Crippen molar-refractivity contribution < 1.29 is 9.47 Å². The first kappa shape index (κ1) is 11.3. The summed E-state index contributed by atoms with van der Waals surface area (Å²) in [5, 5.41) is 4.44. The molecule has 1 aliphatic rings. The Morgan fingerprint density at radius 3 is 2.89 bits per heavy atom. The standard InChI is InChI=1S/C13H14N2O2S/c1-8-9(2)18-13(15-8)6-14-10-3-4-11-12(5-10)17-7-16-11/h3-5,14H,6-7H2,1-2H3. The van der Waals surface area contributed by atoms with E-state index in [1.807, 2.05) is 25.1 Å². The Bertz CT molecular complexity index is 561. The summed E-state index contributed by atoms with van der Waals surface area (Å²) >= 11 is 1.73. The second-order valence-corrected chi connectivity index (χ2v) is 5.46. The van der Waals surface area contributed by atoms with Crippen LogP contribution >= 0.6 is 11.3 Å². The van der Waals surface area contributed by atoms with Crippen molar-refractivity contribution in [2.75, 3.05) is 12.1 Å². The van der Waals surface area contributed by atoms with Crippen LogP contribution in [0.5, 0.6) is 11.5 Å². The summed E-state index contributed by atoms with van der Waals surface area (Å²) in [7, 11) is 0. The lowest BCUT2D eigenvalue weighted by Crippen LogP contribution is -1.98. The van der Waals surface area contributed by atoms with Crippen LogP contribution in [0, 0.1) is 13.8 Å². The van der Waals surface area contributed by atoms with Crippen LogP contribution < -0.4 is 14.8 Å². The summed E-state index contributed by atoms with van der Waals surface area (Å²) in [6.07, 6.45) is 0. The molecule has 5 heteroatoms. The first-order chi connectivity index (χ1) is 8.72. The molecule has 18 heavy (non-hydrogen) atoms. The smallest absolute Gasteiger partial charge is 0.231 e. The van der Waals surface area contributed by atoms with Crippen LogP contribution in [-0.4, -0.2) is 11.8 Å². The number of hydrogen-bond acceptors (Lipinski definition) is 5. The molecule has 3 rings (SSSR count). The SMILES string of the molecule is Cc1nc(CNc2ccc3c(c2)OCO3)sc1C. The Morgan fingerprint density at radius 2 is 2.11 bits per heavy atom. The molecule has 0 atom stereocenters. The van der Waals surface area contributed by atoms with Gasteiger partial charge in [0.15, 0.2) is 11.5 Å². The summed E-state index contributed by atoms with van der Waals surface area (Å²) in [4.78, 5) is 5.77. The van der Waals surface area contributed by atoms with Crippen molar-refractivity contribution in [3.63, 3.8) is 0 Å². The minimum absolute atomic E-state index is 0.309. The van der Waals surface area contributed by atoms with E-state index in [9.17, 15) is 0 Å². The highest BCUT2D eigenvalue weighted by Crippen LogP contribution is 2.34. The normalized spacial score (nSPS) is 12.8. The number of hydrogen-bond donors (Lipinski definition) is 1. The molecule has 94 valence electrons.